The van der Waals surface area contributed by atoms with E-state index < -0.39 is 16.9 Å². The molecular weight excluding hydrogens is 320 g/mol. The van der Waals surface area contributed by atoms with Crippen molar-refractivity contribution in [1.82, 2.24) is 4.90 Å². The van der Waals surface area contributed by atoms with E-state index in [4.69, 9.17) is 4.74 Å². The van der Waals surface area contributed by atoms with E-state index in [2.05, 4.69) is 0 Å². The molecular formula is C15H14N2O5S. The summed E-state index contributed by atoms with van der Waals surface area (Å²) in [5.74, 6) is -0.517. The number of thioether (sulfide) groups is 1. The third-order valence-corrected chi connectivity index (χ3v) is 5.20. The standard InChI is InChI=1S/C15H14N2O5S/c1-2-11-14(16-12(18)7-13(16)23-11)15(19)22-8-9-3-5-10(6-4-9)17(20)21/h2-6,13-14H,7-8H2,1H3/b11-2+/t13-,14-/m1/s1. The largest absolute Gasteiger partial charge is 0.459 e. The molecule has 2 fully saturated rings. The van der Waals surface area contributed by atoms with Crippen LogP contribution in [0.25, 0.3) is 0 Å². The van der Waals surface area contributed by atoms with E-state index in [0.717, 1.165) is 4.91 Å². The number of nitrogens with zero attached hydrogens (tertiary/aromatic N) is 2. The Hall–Kier alpha value is -2.35. The van der Waals surface area contributed by atoms with E-state index in [9.17, 15) is 19.7 Å². The normalized spacial score (nSPS) is 24.3. The van der Waals surface area contributed by atoms with Gasteiger partial charge < -0.3 is 9.64 Å². The molecule has 7 nitrogen and oxygen atoms in total. The Morgan fingerprint density at radius 1 is 1.48 bits per heavy atom. The van der Waals surface area contributed by atoms with Gasteiger partial charge in [0, 0.05) is 17.0 Å². The van der Waals surface area contributed by atoms with Gasteiger partial charge in [-0.3, -0.25) is 14.9 Å². The first kappa shape index (κ1) is 15.5. The van der Waals surface area contributed by atoms with Crippen LogP contribution in [-0.4, -0.2) is 33.1 Å². The van der Waals surface area contributed by atoms with Gasteiger partial charge in [-0.1, -0.05) is 6.08 Å². The molecule has 2 aliphatic rings. The van der Waals surface area contributed by atoms with Crippen LogP contribution < -0.4 is 0 Å². The van der Waals surface area contributed by atoms with Crippen molar-refractivity contribution in [2.45, 2.75) is 31.4 Å². The molecule has 0 radical (unpaired) electrons. The second kappa shape index (κ2) is 6.04. The topological polar surface area (TPSA) is 89.8 Å². The SMILES string of the molecule is C/C=C1/S[C@@H]2CC(=O)N2[C@H]1C(=O)OCc1ccc([N+](=O)[O-])cc1. The van der Waals surface area contributed by atoms with Gasteiger partial charge in [0.15, 0.2) is 6.04 Å². The van der Waals surface area contributed by atoms with E-state index >= 15 is 0 Å². The molecule has 2 aliphatic heterocycles. The maximum atomic E-state index is 12.3. The number of nitro benzene ring substituents is 1. The Bertz CT molecular complexity index is 700. The molecule has 0 aromatic heterocycles. The minimum absolute atomic E-state index is 0.0156. The zero-order chi connectivity index (χ0) is 16.6. The summed E-state index contributed by atoms with van der Waals surface area (Å²) < 4.78 is 5.29. The first-order chi connectivity index (χ1) is 11.0. The highest BCUT2D eigenvalue weighted by molar-refractivity contribution is 8.04. The molecule has 0 saturated carbocycles. The zero-order valence-electron chi connectivity index (χ0n) is 12.3. The number of esters is 1. The number of fused-ring (bicyclic) bond motifs is 1. The van der Waals surface area contributed by atoms with Crippen molar-refractivity contribution in [1.29, 1.82) is 0 Å². The average molecular weight is 334 g/mol. The number of β-lactam (4-membered cyclic amide) rings is 1. The van der Waals surface area contributed by atoms with Gasteiger partial charge in [0.1, 0.15) is 6.61 Å². The number of allylic oxidation sites excluding steroid dienone is 1. The Kier molecular flexibility index (Phi) is 4.08. The highest BCUT2D eigenvalue weighted by Gasteiger charge is 2.52. The van der Waals surface area contributed by atoms with Crippen LogP contribution in [-0.2, 0) is 20.9 Å². The minimum atomic E-state index is -0.658. The van der Waals surface area contributed by atoms with Crippen molar-refractivity contribution < 1.29 is 19.2 Å². The van der Waals surface area contributed by atoms with Crippen molar-refractivity contribution in [3.8, 4) is 0 Å². The summed E-state index contributed by atoms with van der Waals surface area (Å²) in [6, 6.07) is 5.16. The third-order valence-electron chi connectivity index (χ3n) is 3.80. The van der Waals surface area contributed by atoms with Crippen LogP contribution >= 0.6 is 11.8 Å². The highest BCUT2D eigenvalue weighted by Crippen LogP contribution is 2.46. The second-order valence-electron chi connectivity index (χ2n) is 5.20. The predicted octanol–water partition coefficient (Wildman–Crippen LogP) is 2.22. The van der Waals surface area contributed by atoms with E-state index in [1.165, 1.54) is 23.9 Å². The van der Waals surface area contributed by atoms with Gasteiger partial charge in [0.25, 0.3) is 5.69 Å². The molecule has 1 aromatic carbocycles. The van der Waals surface area contributed by atoms with Crippen molar-refractivity contribution in [2.24, 2.45) is 0 Å². The number of ether oxygens (including phenoxy) is 1. The van der Waals surface area contributed by atoms with Crippen LogP contribution in [0.15, 0.2) is 35.2 Å². The monoisotopic (exact) mass is 334 g/mol. The molecule has 2 atom stereocenters. The number of non-ortho nitro benzene ring substituents is 1. The van der Waals surface area contributed by atoms with E-state index in [0.29, 0.717) is 12.0 Å². The molecule has 8 heteroatoms. The molecule has 0 aliphatic carbocycles. The van der Waals surface area contributed by atoms with Crippen LogP contribution in [0.5, 0.6) is 0 Å². The van der Waals surface area contributed by atoms with Crippen LogP contribution in [0.1, 0.15) is 18.9 Å². The summed E-state index contributed by atoms with van der Waals surface area (Å²) in [5.41, 5.74) is 0.639. The van der Waals surface area contributed by atoms with Crippen molar-refractivity contribution in [3.05, 3.63) is 50.9 Å². The number of rotatable bonds is 4. The van der Waals surface area contributed by atoms with Gasteiger partial charge >= 0.3 is 5.97 Å². The Labute approximate surface area is 136 Å². The quantitative estimate of drug-likeness (QED) is 0.363. The lowest BCUT2D eigenvalue weighted by Crippen LogP contribution is -2.54. The summed E-state index contributed by atoms with van der Waals surface area (Å²) >= 11 is 1.52. The minimum Gasteiger partial charge on any atom is -0.459 e. The highest BCUT2D eigenvalue weighted by atomic mass is 32.2. The number of benzene rings is 1. The number of hydrogen-bond donors (Lipinski definition) is 0. The number of amides is 1. The fourth-order valence-corrected chi connectivity index (χ4v) is 3.94. The van der Waals surface area contributed by atoms with Crippen LogP contribution in [0.3, 0.4) is 0 Å². The lowest BCUT2D eigenvalue weighted by molar-refractivity contribution is -0.384. The number of nitro groups is 1. The summed E-state index contributed by atoms with van der Waals surface area (Å²) in [6.07, 6.45) is 2.28. The summed E-state index contributed by atoms with van der Waals surface area (Å²) in [7, 11) is 0. The van der Waals surface area contributed by atoms with E-state index in [-0.39, 0.29) is 23.6 Å². The molecule has 23 heavy (non-hydrogen) atoms. The molecule has 2 heterocycles. The van der Waals surface area contributed by atoms with Gasteiger partial charge in [-0.25, -0.2) is 4.79 Å². The zero-order valence-corrected chi connectivity index (χ0v) is 13.1. The fourth-order valence-electron chi connectivity index (χ4n) is 2.57. The fraction of sp³-hybridized carbons (Fsp3) is 0.333. The van der Waals surface area contributed by atoms with Crippen LogP contribution in [0.4, 0.5) is 5.69 Å². The van der Waals surface area contributed by atoms with Crippen LogP contribution in [0.2, 0.25) is 0 Å². The second-order valence-corrected chi connectivity index (χ2v) is 6.45. The Balaban J connectivity index is 1.64. The Morgan fingerprint density at radius 2 is 2.17 bits per heavy atom. The Morgan fingerprint density at radius 3 is 2.74 bits per heavy atom. The maximum Gasteiger partial charge on any atom is 0.334 e. The number of hydrogen-bond acceptors (Lipinski definition) is 6. The van der Waals surface area contributed by atoms with Gasteiger partial charge in [-0.2, -0.15) is 0 Å². The van der Waals surface area contributed by atoms with Crippen molar-refractivity contribution in [2.75, 3.05) is 0 Å². The number of carbonyl (C=O) groups excluding carboxylic acids is 2. The van der Waals surface area contributed by atoms with Crippen LogP contribution in [0, 0.1) is 10.1 Å². The van der Waals surface area contributed by atoms with Gasteiger partial charge in [0.05, 0.1) is 16.7 Å². The van der Waals surface area contributed by atoms with Gasteiger partial charge in [-0.15, -0.1) is 11.8 Å². The summed E-state index contributed by atoms with van der Waals surface area (Å²) in [6.45, 7) is 1.84. The third kappa shape index (κ3) is 2.81. The molecule has 0 N–H and O–H groups in total. The molecule has 3 rings (SSSR count). The van der Waals surface area contributed by atoms with E-state index in [1.807, 2.05) is 13.0 Å². The van der Waals surface area contributed by atoms with Gasteiger partial charge in [-0.05, 0) is 24.6 Å². The molecule has 0 unspecified atom stereocenters. The summed E-state index contributed by atoms with van der Waals surface area (Å²) in [5, 5.41) is 10.6. The van der Waals surface area contributed by atoms with E-state index in [1.54, 1.807) is 17.0 Å². The van der Waals surface area contributed by atoms with Gasteiger partial charge in [0.2, 0.25) is 5.91 Å². The lowest BCUT2D eigenvalue weighted by Gasteiger charge is -2.35. The average Bonchev–Trinajstić information content (AvgIpc) is 2.85. The molecule has 120 valence electrons. The first-order valence-corrected chi connectivity index (χ1v) is 7.93. The number of carbonyl (C=O) groups is 2. The summed E-state index contributed by atoms with van der Waals surface area (Å²) in [4.78, 5) is 36.5. The van der Waals surface area contributed by atoms with Crippen molar-refractivity contribution in [3.63, 3.8) is 0 Å². The molecule has 0 bridgehead atoms. The smallest absolute Gasteiger partial charge is 0.334 e. The molecule has 2 saturated heterocycles. The lowest BCUT2D eigenvalue weighted by atomic mass is 10.1. The maximum absolute atomic E-state index is 12.3. The van der Waals surface area contributed by atoms with Crippen molar-refractivity contribution >= 4 is 29.3 Å². The predicted molar refractivity (Wildman–Crippen MR) is 83.3 cm³/mol. The first-order valence-electron chi connectivity index (χ1n) is 7.05. The molecule has 0 spiro atoms. The molecule has 1 amide bonds. The molecule has 1 aromatic rings.